The summed E-state index contributed by atoms with van der Waals surface area (Å²) in [6.07, 6.45) is 4.64. The van der Waals surface area contributed by atoms with Crippen LogP contribution in [0, 0.1) is 11.8 Å². The van der Waals surface area contributed by atoms with Crippen LogP contribution in [0.15, 0.2) is 12.2 Å². The zero-order valence-electron chi connectivity index (χ0n) is 10.5. The van der Waals surface area contributed by atoms with Crippen molar-refractivity contribution in [3.8, 4) is 0 Å². The van der Waals surface area contributed by atoms with Crippen LogP contribution < -0.4 is 5.32 Å². The topological polar surface area (TPSA) is 84.9 Å². The summed E-state index contributed by atoms with van der Waals surface area (Å²) in [7, 11) is 0. The van der Waals surface area contributed by atoms with E-state index in [2.05, 4.69) is 5.32 Å². The molecule has 0 aromatic heterocycles. The number of amides is 1. The molecule has 2 N–H and O–H groups in total. The predicted octanol–water partition coefficient (Wildman–Crippen LogP) is -0.0642. The van der Waals surface area contributed by atoms with Crippen molar-refractivity contribution in [2.45, 2.75) is 31.2 Å². The number of carboxylic acid groups (broad SMARTS) is 1. The first kappa shape index (κ1) is 12.6. The van der Waals surface area contributed by atoms with Crippen molar-refractivity contribution in [2.75, 3.05) is 13.2 Å². The van der Waals surface area contributed by atoms with Gasteiger partial charge in [0.05, 0.1) is 24.2 Å². The maximum atomic E-state index is 12.2. The van der Waals surface area contributed by atoms with Crippen LogP contribution in [-0.2, 0) is 19.1 Å². The standard InChI is InChI=1S/C13H17NO5/c15-12(14-6-7-2-1-5-18-7)10-8-3-4-9(19-8)11(10)13(16)17/h3-4,7-11H,1-2,5-6H2,(H,14,15)(H,16,17)/t7-,8+,9+,10-,11-/m0/s1. The predicted molar refractivity (Wildman–Crippen MR) is 64.4 cm³/mol. The van der Waals surface area contributed by atoms with Crippen LogP contribution in [0.3, 0.4) is 0 Å². The molecule has 3 rings (SSSR count). The number of carbonyl (C=O) groups excluding carboxylic acids is 1. The van der Waals surface area contributed by atoms with Gasteiger partial charge in [0.15, 0.2) is 0 Å². The number of carboxylic acids is 1. The van der Waals surface area contributed by atoms with Crippen LogP contribution in [0.25, 0.3) is 0 Å². The Morgan fingerprint density at radius 2 is 2.00 bits per heavy atom. The minimum atomic E-state index is -0.978. The fraction of sp³-hybridized carbons (Fsp3) is 0.692. The molecule has 0 aromatic carbocycles. The molecule has 3 heterocycles. The Hall–Kier alpha value is -1.40. The van der Waals surface area contributed by atoms with E-state index in [0.29, 0.717) is 6.54 Å². The molecule has 0 aliphatic carbocycles. The average molecular weight is 267 g/mol. The van der Waals surface area contributed by atoms with Crippen molar-refractivity contribution in [2.24, 2.45) is 11.8 Å². The Labute approximate surface area is 110 Å². The van der Waals surface area contributed by atoms with Gasteiger partial charge in [-0.25, -0.2) is 0 Å². The summed E-state index contributed by atoms with van der Waals surface area (Å²) in [5.41, 5.74) is 0. The fourth-order valence-corrected chi connectivity index (χ4v) is 3.05. The Morgan fingerprint density at radius 3 is 2.63 bits per heavy atom. The minimum absolute atomic E-state index is 0.0577. The van der Waals surface area contributed by atoms with Gasteiger partial charge in [0.1, 0.15) is 5.92 Å². The number of fused-ring (bicyclic) bond motifs is 2. The molecular formula is C13H17NO5. The van der Waals surface area contributed by atoms with E-state index >= 15 is 0 Å². The third-order valence-corrected chi connectivity index (χ3v) is 4.02. The van der Waals surface area contributed by atoms with Crippen molar-refractivity contribution in [3.63, 3.8) is 0 Å². The number of aliphatic carboxylic acids is 1. The monoisotopic (exact) mass is 267 g/mol. The molecule has 2 fully saturated rings. The molecule has 3 aliphatic heterocycles. The average Bonchev–Trinajstić information content (AvgIpc) is 3.10. The molecule has 0 aromatic rings. The van der Waals surface area contributed by atoms with Crippen LogP contribution >= 0.6 is 0 Å². The van der Waals surface area contributed by atoms with Crippen LogP contribution in [-0.4, -0.2) is 48.4 Å². The summed E-state index contributed by atoms with van der Waals surface area (Å²) in [6, 6.07) is 0. The third kappa shape index (κ3) is 2.26. The Bertz CT molecular complexity index is 415. The number of hydrogen-bond acceptors (Lipinski definition) is 4. The van der Waals surface area contributed by atoms with Crippen LogP contribution in [0.1, 0.15) is 12.8 Å². The highest BCUT2D eigenvalue weighted by Crippen LogP contribution is 2.39. The van der Waals surface area contributed by atoms with Crippen molar-refractivity contribution in [1.29, 1.82) is 0 Å². The summed E-state index contributed by atoms with van der Waals surface area (Å²) in [5.74, 6) is -2.64. The maximum absolute atomic E-state index is 12.2. The van der Waals surface area contributed by atoms with E-state index < -0.39 is 30.0 Å². The summed E-state index contributed by atoms with van der Waals surface area (Å²) in [6.45, 7) is 1.18. The first-order valence-corrected chi connectivity index (χ1v) is 6.63. The van der Waals surface area contributed by atoms with Gasteiger partial charge in [0.25, 0.3) is 0 Å². The second-order valence-corrected chi connectivity index (χ2v) is 5.22. The molecule has 3 aliphatic rings. The molecule has 0 saturated carbocycles. The highest BCUT2D eigenvalue weighted by Gasteiger charge is 2.53. The molecule has 5 atom stereocenters. The second-order valence-electron chi connectivity index (χ2n) is 5.22. The number of hydrogen-bond donors (Lipinski definition) is 2. The molecule has 1 amide bonds. The van der Waals surface area contributed by atoms with E-state index in [4.69, 9.17) is 9.47 Å². The number of nitrogens with one attached hydrogen (secondary N) is 1. The molecule has 2 bridgehead atoms. The number of carbonyl (C=O) groups is 2. The van der Waals surface area contributed by atoms with Gasteiger partial charge in [0, 0.05) is 13.2 Å². The van der Waals surface area contributed by atoms with Gasteiger partial charge < -0.3 is 19.9 Å². The lowest BCUT2D eigenvalue weighted by Crippen LogP contribution is -2.44. The largest absolute Gasteiger partial charge is 0.481 e. The lowest BCUT2D eigenvalue weighted by Gasteiger charge is -2.21. The first-order chi connectivity index (χ1) is 9.16. The van der Waals surface area contributed by atoms with Crippen LogP contribution in [0.5, 0.6) is 0 Å². The number of ether oxygens (including phenoxy) is 2. The van der Waals surface area contributed by atoms with Gasteiger partial charge in [-0.1, -0.05) is 12.2 Å². The molecule has 2 saturated heterocycles. The molecule has 0 radical (unpaired) electrons. The van der Waals surface area contributed by atoms with Gasteiger partial charge in [0.2, 0.25) is 5.91 Å². The third-order valence-electron chi connectivity index (χ3n) is 4.02. The molecular weight excluding hydrogens is 250 g/mol. The van der Waals surface area contributed by atoms with Crippen molar-refractivity contribution >= 4 is 11.9 Å². The van der Waals surface area contributed by atoms with Crippen molar-refractivity contribution in [3.05, 3.63) is 12.2 Å². The van der Waals surface area contributed by atoms with Gasteiger partial charge in [-0.3, -0.25) is 9.59 Å². The Balaban J connectivity index is 1.62. The van der Waals surface area contributed by atoms with Crippen molar-refractivity contribution in [1.82, 2.24) is 5.32 Å². The lowest BCUT2D eigenvalue weighted by molar-refractivity contribution is -0.146. The van der Waals surface area contributed by atoms with Gasteiger partial charge in [-0.15, -0.1) is 0 Å². The summed E-state index contributed by atoms with van der Waals surface area (Å²) in [4.78, 5) is 23.4. The fourth-order valence-electron chi connectivity index (χ4n) is 3.05. The lowest BCUT2D eigenvalue weighted by atomic mass is 9.82. The molecule has 0 spiro atoms. The minimum Gasteiger partial charge on any atom is -0.481 e. The smallest absolute Gasteiger partial charge is 0.310 e. The SMILES string of the molecule is O=C(O)[C@@H]1[C@@H](C(=O)NC[C@@H]2CCCO2)[C@H]2C=C[C@H]1O2. The van der Waals surface area contributed by atoms with E-state index in [1.54, 1.807) is 12.2 Å². The molecule has 104 valence electrons. The molecule has 6 nitrogen and oxygen atoms in total. The highest BCUT2D eigenvalue weighted by molar-refractivity contribution is 5.87. The zero-order valence-corrected chi connectivity index (χ0v) is 10.5. The van der Waals surface area contributed by atoms with E-state index in [-0.39, 0.29) is 12.0 Å². The Morgan fingerprint density at radius 1 is 1.26 bits per heavy atom. The molecule has 19 heavy (non-hydrogen) atoms. The first-order valence-electron chi connectivity index (χ1n) is 6.63. The van der Waals surface area contributed by atoms with E-state index in [0.717, 1.165) is 19.4 Å². The summed E-state index contributed by atoms with van der Waals surface area (Å²) >= 11 is 0. The summed E-state index contributed by atoms with van der Waals surface area (Å²) < 4.78 is 10.9. The van der Waals surface area contributed by atoms with E-state index in [1.165, 1.54) is 0 Å². The van der Waals surface area contributed by atoms with E-state index in [9.17, 15) is 14.7 Å². The van der Waals surface area contributed by atoms with Gasteiger partial charge in [-0.2, -0.15) is 0 Å². The van der Waals surface area contributed by atoms with E-state index in [1.807, 2.05) is 0 Å². The maximum Gasteiger partial charge on any atom is 0.310 e. The van der Waals surface area contributed by atoms with Gasteiger partial charge in [-0.05, 0) is 12.8 Å². The zero-order chi connectivity index (χ0) is 13.4. The van der Waals surface area contributed by atoms with Crippen LogP contribution in [0.4, 0.5) is 0 Å². The molecule has 6 heteroatoms. The highest BCUT2D eigenvalue weighted by atomic mass is 16.5. The summed E-state index contributed by atoms with van der Waals surface area (Å²) in [5, 5.41) is 12.0. The quantitative estimate of drug-likeness (QED) is 0.697. The van der Waals surface area contributed by atoms with Gasteiger partial charge >= 0.3 is 5.97 Å². The van der Waals surface area contributed by atoms with Crippen LogP contribution in [0.2, 0.25) is 0 Å². The molecule has 0 unspecified atom stereocenters. The number of rotatable bonds is 4. The second kappa shape index (κ2) is 4.94. The van der Waals surface area contributed by atoms with Crippen molar-refractivity contribution < 1.29 is 24.2 Å². The Kier molecular flexibility index (Phi) is 3.28. The normalized spacial score (nSPS) is 39.7.